The lowest BCUT2D eigenvalue weighted by Gasteiger charge is -2.33. The van der Waals surface area contributed by atoms with Crippen LogP contribution in [0.3, 0.4) is 0 Å². The smallest absolute Gasteiger partial charge is 0.308 e. The molecular weight excluding hydrogens is 1480 g/mol. The maximum absolute atomic E-state index is 12.2. The zero-order valence-electron chi connectivity index (χ0n) is 65.8. The van der Waals surface area contributed by atoms with E-state index in [4.69, 9.17) is 86.5 Å². The van der Waals surface area contributed by atoms with E-state index in [-0.39, 0.29) is 181 Å². The maximum atomic E-state index is 12.2. The fourth-order valence-corrected chi connectivity index (χ4v) is 8.36. The van der Waals surface area contributed by atoms with Crippen molar-refractivity contribution in [1.82, 2.24) is 26.6 Å². The molecule has 0 aliphatic heterocycles. The Hall–Kier alpha value is -6.85. The van der Waals surface area contributed by atoms with E-state index in [1.54, 1.807) is 20.1 Å². The summed E-state index contributed by atoms with van der Waals surface area (Å²) >= 11 is 0. The maximum Gasteiger partial charge on any atom is 0.308 e. The number of carbonyl (C=O) groups is 10. The summed E-state index contributed by atoms with van der Waals surface area (Å²) in [5, 5.41) is 108. The number of nitrogens with zero attached hydrogens (tertiary/aromatic N) is 3. The van der Waals surface area contributed by atoms with Crippen LogP contribution in [0.25, 0.3) is 0 Å². The predicted octanol–water partition coefficient (Wildman–Crippen LogP) is -3.16. The molecule has 13 N–H and O–H groups in total. The highest BCUT2D eigenvalue weighted by Gasteiger charge is 2.36. The number of rotatable bonds is 71. The van der Waals surface area contributed by atoms with Crippen molar-refractivity contribution in [3.05, 3.63) is 0 Å². The summed E-state index contributed by atoms with van der Waals surface area (Å²) in [7, 11) is 0. The molecule has 0 aromatic carbocycles. The molecule has 40 nitrogen and oxygen atoms in total. The molecule has 0 radical (unpaired) electrons. The van der Waals surface area contributed by atoms with Crippen molar-refractivity contribution < 1.29 is 155 Å². The molecule has 0 heterocycles. The Kier molecular flexibility index (Phi) is 82.4. The summed E-state index contributed by atoms with van der Waals surface area (Å²) in [6, 6.07) is 0.745. The molecule has 0 spiro atoms. The molecule has 0 aromatic rings. The number of Topliss-reactive ketones (excluding diaryl/α,β-unsaturated/α-hetero) is 2. The molecule has 0 atom stereocenters. The van der Waals surface area contributed by atoms with Crippen molar-refractivity contribution in [1.29, 1.82) is 10.5 Å². The van der Waals surface area contributed by atoms with Gasteiger partial charge in [-0.1, -0.05) is 12.1 Å². The van der Waals surface area contributed by atoms with Gasteiger partial charge in [0.1, 0.15) is 31.8 Å². The minimum atomic E-state index is -1.13. The van der Waals surface area contributed by atoms with Crippen LogP contribution in [0.5, 0.6) is 0 Å². The van der Waals surface area contributed by atoms with Crippen LogP contribution >= 0.6 is 0 Å². The van der Waals surface area contributed by atoms with E-state index in [2.05, 4.69) is 43.9 Å². The van der Waals surface area contributed by atoms with Gasteiger partial charge in [0.25, 0.3) is 0 Å². The van der Waals surface area contributed by atoms with Crippen molar-refractivity contribution in [2.45, 2.75) is 136 Å². The minimum absolute atomic E-state index is 0.00896. The highest BCUT2D eigenvalue weighted by molar-refractivity contribution is 5.78. The Morgan fingerprint density at radius 2 is 0.640 bits per heavy atom. The summed E-state index contributed by atoms with van der Waals surface area (Å²) in [4.78, 5) is 116. The lowest BCUT2D eigenvalue weighted by atomic mass is 9.91. The Bertz CT molecular complexity index is 2200. The second-order valence-electron chi connectivity index (χ2n) is 24.4. The topological polar surface area (TPSA) is 582 Å². The minimum Gasteiger partial charge on any atom is -0.466 e. The van der Waals surface area contributed by atoms with Crippen LogP contribution < -0.4 is 26.6 Å². The van der Waals surface area contributed by atoms with E-state index in [9.17, 15) is 79.2 Å². The standard InChI is InChI=1S/C29H56N4O16.C23H40O10.C17H30N4O4.2CH2O/c34-9-21(10-35)30-25(42)1-5-46-17-29(18-47-6-2-26(43)31-22(11-36)12-37,19-48-7-3-27(44)32-23(13-38)14-39)20-49-8-4-28(45)33-24(15-40)16-41;1-5-32-21(26)9-13-30-17-23(15-28-11-7-19(3)24,16-29-12-8-20(4)25)18-31-14-10-22(27)33-6-2;1-3-9-21-25-15-17(12-20-16-22-4-2,13-23-10-5-7-18)14-24-11-6-8-19;2*1-2/h21-24,34-41H,1-20H2,(H,30,42)(H,31,43)(H,32,44)(H,33,45);5-18H2,1-4H3;9,20H,3-6,10-16H2,1-2H3;2*1H2/b;;21-9+;;. The molecule has 646 valence electrons. The normalized spacial score (nSPS) is 11.2. The van der Waals surface area contributed by atoms with Crippen LogP contribution in [0.4, 0.5) is 0 Å². The van der Waals surface area contributed by atoms with Gasteiger partial charge in [-0.3, -0.25) is 43.7 Å². The Balaban J connectivity index is -0.000000524. The van der Waals surface area contributed by atoms with Crippen LogP contribution in [-0.2, 0) is 114 Å². The lowest BCUT2D eigenvalue weighted by Crippen LogP contribution is -2.46. The van der Waals surface area contributed by atoms with Crippen molar-refractivity contribution in [2.24, 2.45) is 21.4 Å². The summed E-state index contributed by atoms with van der Waals surface area (Å²) in [5.41, 5.74) is -2.39. The van der Waals surface area contributed by atoms with Gasteiger partial charge in [-0.25, -0.2) is 0 Å². The largest absolute Gasteiger partial charge is 0.466 e. The number of hydrogen-bond acceptors (Lipinski definition) is 36. The van der Waals surface area contributed by atoms with Crippen molar-refractivity contribution in [3.8, 4) is 12.1 Å². The summed E-state index contributed by atoms with van der Waals surface area (Å²) in [6.07, 6.45) is 3.32. The Morgan fingerprint density at radius 1 is 0.378 bits per heavy atom. The zero-order valence-corrected chi connectivity index (χ0v) is 65.8. The van der Waals surface area contributed by atoms with Crippen molar-refractivity contribution >= 4 is 66.9 Å². The van der Waals surface area contributed by atoms with E-state index >= 15 is 0 Å². The van der Waals surface area contributed by atoms with Crippen molar-refractivity contribution in [3.63, 3.8) is 0 Å². The SMILES string of the molecule is C=O.C=O.CC/C=N/OCC(CNCOCC)(COCCC#N)COCCC#N.CCOC(=O)CCOCC(COCCC(C)=O)(COCCC(C)=O)COCCC(=O)OCC.O=C(CCOCC(COCCC(=O)NC(CO)CO)(COCCC(=O)NC(CO)CO)COCCC(=O)NC(CO)CO)NC(CO)CO. The first kappa shape index (κ1) is 113. The van der Waals surface area contributed by atoms with Gasteiger partial charge in [0.15, 0.2) is 0 Å². The fraction of sp³-hybridized carbons (Fsp3) is 0.817. The Labute approximate surface area is 651 Å². The number of hydrogen-bond donors (Lipinski definition) is 13. The van der Waals surface area contributed by atoms with E-state index in [0.717, 1.165) is 6.42 Å². The molecule has 111 heavy (non-hydrogen) atoms. The highest BCUT2D eigenvalue weighted by Crippen LogP contribution is 2.24. The number of aliphatic hydroxyl groups excluding tert-OH is 8. The molecule has 40 heteroatoms. The average Bonchev–Trinajstić information content (AvgIpc) is 0.880. The molecule has 0 saturated carbocycles. The number of nitrogens with one attached hydrogen (secondary N) is 5. The summed E-state index contributed by atoms with van der Waals surface area (Å²) < 4.78 is 72.3. The molecule has 0 rings (SSSR count). The third kappa shape index (κ3) is 69.6. The number of ketones is 2. The van der Waals surface area contributed by atoms with Gasteiger partial charge in [-0.15, -0.1) is 0 Å². The van der Waals surface area contributed by atoms with Crippen molar-refractivity contribution in [2.75, 3.05) is 225 Å². The second-order valence-corrected chi connectivity index (χ2v) is 24.4. The molecule has 0 unspecified atom stereocenters. The number of oxime groups is 1. The van der Waals surface area contributed by atoms with Gasteiger partial charge >= 0.3 is 11.9 Å². The number of aliphatic hydroxyl groups is 8. The van der Waals surface area contributed by atoms with E-state index < -0.39 is 117 Å². The van der Waals surface area contributed by atoms with Crippen LogP contribution in [0.2, 0.25) is 0 Å². The zero-order chi connectivity index (χ0) is 84.5. The first-order chi connectivity index (χ1) is 53.5. The molecule has 0 aliphatic carbocycles. The quantitative estimate of drug-likeness (QED) is 0.00940. The van der Waals surface area contributed by atoms with Gasteiger partial charge in [0, 0.05) is 57.9 Å². The van der Waals surface area contributed by atoms with Gasteiger partial charge in [-0.2, -0.15) is 10.5 Å². The van der Waals surface area contributed by atoms with Gasteiger partial charge < -0.3 is 138 Å². The monoisotopic (exact) mass is 1610 g/mol. The third-order valence-corrected chi connectivity index (χ3v) is 14.2. The number of ether oxygens (including phenoxy) is 13. The van der Waals surface area contributed by atoms with E-state index in [0.29, 0.717) is 79.0 Å². The van der Waals surface area contributed by atoms with Crippen LogP contribution in [0.15, 0.2) is 5.16 Å². The molecule has 4 amide bonds. The van der Waals surface area contributed by atoms with Crippen LogP contribution in [-0.4, -0.2) is 357 Å². The van der Waals surface area contributed by atoms with Gasteiger partial charge in [-0.05, 0) is 41.0 Å². The average molecular weight is 1610 g/mol. The van der Waals surface area contributed by atoms with Crippen LogP contribution in [0, 0.1) is 38.9 Å². The second kappa shape index (κ2) is 81.2. The fourth-order valence-electron chi connectivity index (χ4n) is 8.36. The Morgan fingerprint density at radius 3 is 0.883 bits per heavy atom. The highest BCUT2D eigenvalue weighted by atomic mass is 16.6. The first-order valence-corrected chi connectivity index (χ1v) is 36.4. The molecule has 0 saturated heterocycles. The van der Waals surface area contributed by atoms with Gasteiger partial charge in [0.2, 0.25) is 23.6 Å². The summed E-state index contributed by atoms with van der Waals surface area (Å²) in [5.74, 6) is -2.69. The number of amides is 4. The number of esters is 2. The lowest BCUT2D eigenvalue weighted by molar-refractivity contribution is -0.146. The third-order valence-electron chi connectivity index (χ3n) is 14.2. The van der Waals surface area contributed by atoms with E-state index in [1.807, 2.05) is 27.4 Å². The van der Waals surface area contributed by atoms with Crippen LogP contribution in [0.1, 0.15) is 112 Å². The van der Waals surface area contributed by atoms with E-state index in [1.165, 1.54) is 13.8 Å². The molecule has 0 aromatic heterocycles. The molecule has 0 bridgehead atoms. The number of carbonyl (C=O) groups excluding carboxylic acids is 10. The predicted molar refractivity (Wildman–Crippen MR) is 395 cm³/mol. The molecule has 0 fully saturated rings. The molecular formula is C71H130N8O32. The number of nitriles is 2. The first-order valence-electron chi connectivity index (χ1n) is 36.4. The van der Waals surface area contributed by atoms with Gasteiger partial charge in [0.05, 0.1) is 283 Å². The summed E-state index contributed by atoms with van der Waals surface area (Å²) in [6.45, 7) is 14.8. The molecule has 0 aliphatic rings.